The van der Waals surface area contributed by atoms with Crippen LogP contribution in [0.4, 0.5) is 0 Å². The monoisotopic (exact) mass is 278 g/mol. The zero-order valence-electron chi connectivity index (χ0n) is 13.4. The van der Waals surface area contributed by atoms with Gasteiger partial charge in [0.1, 0.15) is 0 Å². The maximum Gasteiger partial charge on any atom is 0.0589 e. The average molecular weight is 278 g/mol. The highest BCUT2D eigenvalue weighted by Gasteiger charge is 2.19. The Morgan fingerprint density at radius 3 is 2.30 bits per heavy atom. The van der Waals surface area contributed by atoms with E-state index in [0.29, 0.717) is 12.1 Å². The molecule has 1 unspecified atom stereocenters. The number of nitrogens with zero attached hydrogens (tertiary/aromatic N) is 1. The number of hydrogen-bond acceptors (Lipinski definition) is 3. The fourth-order valence-corrected chi connectivity index (χ4v) is 2.72. The zero-order valence-corrected chi connectivity index (χ0v) is 13.4. The molecular formula is C17H30N2O. The van der Waals surface area contributed by atoms with Gasteiger partial charge < -0.3 is 10.1 Å². The van der Waals surface area contributed by atoms with E-state index in [0.717, 1.165) is 19.7 Å². The molecule has 0 saturated heterocycles. The average Bonchev–Trinajstić information content (AvgIpc) is 2.51. The second kappa shape index (κ2) is 9.92. The van der Waals surface area contributed by atoms with Gasteiger partial charge in [-0.05, 0) is 25.5 Å². The van der Waals surface area contributed by atoms with Gasteiger partial charge in [-0.1, -0.05) is 44.2 Å². The van der Waals surface area contributed by atoms with Crippen molar-refractivity contribution in [1.29, 1.82) is 0 Å². The quantitative estimate of drug-likeness (QED) is 0.712. The molecule has 114 valence electrons. The Labute approximate surface area is 124 Å². The Balaban J connectivity index is 2.74. The van der Waals surface area contributed by atoms with E-state index >= 15 is 0 Å². The zero-order chi connectivity index (χ0) is 14.8. The first-order valence-corrected chi connectivity index (χ1v) is 7.71. The number of methoxy groups -OCH3 is 1. The minimum absolute atomic E-state index is 0.369. The molecule has 20 heavy (non-hydrogen) atoms. The number of likely N-dealkylation sites (N-methyl/N-ethyl adjacent to an activating group) is 1. The van der Waals surface area contributed by atoms with Crippen LogP contribution >= 0.6 is 0 Å². The molecule has 0 aliphatic heterocycles. The second-order valence-electron chi connectivity index (χ2n) is 5.21. The fourth-order valence-electron chi connectivity index (χ4n) is 2.72. The molecule has 0 saturated carbocycles. The lowest BCUT2D eigenvalue weighted by Crippen LogP contribution is -2.42. The summed E-state index contributed by atoms with van der Waals surface area (Å²) in [6.07, 6.45) is 2.37. The van der Waals surface area contributed by atoms with Gasteiger partial charge in [-0.25, -0.2) is 0 Å². The summed E-state index contributed by atoms with van der Waals surface area (Å²) in [7, 11) is 3.82. The highest BCUT2D eigenvalue weighted by atomic mass is 16.5. The summed E-state index contributed by atoms with van der Waals surface area (Å²) in [5.74, 6) is 0. The van der Waals surface area contributed by atoms with Gasteiger partial charge in [0.05, 0.1) is 6.61 Å². The van der Waals surface area contributed by atoms with Gasteiger partial charge in [-0.2, -0.15) is 0 Å². The van der Waals surface area contributed by atoms with Crippen molar-refractivity contribution in [3.8, 4) is 0 Å². The Bertz CT molecular complexity index is 338. The van der Waals surface area contributed by atoms with Crippen LogP contribution in [-0.2, 0) is 4.74 Å². The van der Waals surface area contributed by atoms with Crippen molar-refractivity contribution < 1.29 is 4.74 Å². The molecule has 3 heteroatoms. The number of benzene rings is 1. The normalized spacial score (nSPS) is 13.1. The van der Waals surface area contributed by atoms with E-state index in [9.17, 15) is 0 Å². The summed E-state index contributed by atoms with van der Waals surface area (Å²) in [4.78, 5) is 2.55. The topological polar surface area (TPSA) is 24.5 Å². The van der Waals surface area contributed by atoms with Crippen LogP contribution < -0.4 is 5.32 Å². The van der Waals surface area contributed by atoms with Crippen LogP contribution in [0.3, 0.4) is 0 Å². The molecule has 0 fully saturated rings. The van der Waals surface area contributed by atoms with Crippen LogP contribution in [0.25, 0.3) is 0 Å². The van der Waals surface area contributed by atoms with Crippen molar-refractivity contribution in [3.05, 3.63) is 35.9 Å². The lowest BCUT2D eigenvalue weighted by Gasteiger charge is -2.33. The maximum absolute atomic E-state index is 5.27. The molecule has 1 N–H and O–H groups in total. The first kappa shape index (κ1) is 17.2. The molecular weight excluding hydrogens is 248 g/mol. The Morgan fingerprint density at radius 2 is 1.80 bits per heavy atom. The van der Waals surface area contributed by atoms with E-state index in [2.05, 4.69) is 54.4 Å². The van der Waals surface area contributed by atoms with Crippen LogP contribution in [0.1, 0.15) is 38.3 Å². The van der Waals surface area contributed by atoms with Gasteiger partial charge in [0.25, 0.3) is 0 Å². The van der Waals surface area contributed by atoms with E-state index in [4.69, 9.17) is 4.74 Å². The lowest BCUT2D eigenvalue weighted by molar-refractivity contribution is 0.107. The molecule has 0 aliphatic carbocycles. The minimum Gasteiger partial charge on any atom is -0.383 e. The lowest BCUT2D eigenvalue weighted by atomic mass is 10.0. The van der Waals surface area contributed by atoms with Gasteiger partial charge >= 0.3 is 0 Å². The van der Waals surface area contributed by atoms with Crippen molar-refractivity contribution in [1.82, 2.24) is 10.2 Å². The van der Waals surface area contributed by atoms with Crippen LogP contribution in [0.15, 0.2) is 30.3 Å². The van der Waals surface area contributed by atoms with Gasteiger partial charge in [0.2, 0.25) is 0 Å². The smallest absolute Gasteiger partial charge is 0.0589 e. The second-order valence-corrected chi connectivity index (χ2v) is 5.21. The highest BCUT2D eigenvalue weighted by Crippen LogP contribution is 2.17. The van der Waals surface area contributed by atoms with Crippen molar-refractivity contribution in [3.63, 3.8) is 0 Å². The van der Waals surface area contributed by atoms with Crippen LogP contribution in [0.2, 0.25) is 0 Å². The Morgan fingerprint density at radius 1 is 1.15 bits per heavy atom. The molecule has 0 aliphatic rings. The SMILES string of the molecule is CCC(CC)N(CCOC)CC(NC)c1ccccc1. The minimum atomic E-state index is 0.369. The third-order valence-corrected chi connectivity index (χ3v) is 4.01. The number of nitrogens with one attached hydrogen (secondary N) is 1. The van der Waals surface area contributed by atoms with Crippen molar-refractivity contribution in [2.24, 2.45) is 0 Å². The van der Waals surface area contributed by atoms with E-state index in [1.54, 1.807) is 7.11 Å². The molecule has 0 amide bonds. The molecule has 0 spiro atoms. The van der Waals surface area contributed by atoms with E-state index < -0.39 is 0 Å². The van der Waals surface area contributed by atoms with Gasteiger partial charge in [-0.3, -0.25) is 4.90 Å². The molecule has 0 heterocycles. The van der Waals surface area contributed by atoms with Crippen molar-refractivity contribution in [2.75, 3.05) is 33.9 Å². The van der Waals surface area contributed by atoms with Gasteiger partial charge in [0, 0.05) is 32.3 Å². The predicted octanol–water partition coefficient (Wildman–Crippen LogP) is 3.08. The third-order valence-electron chi connectivity index (χ3n) is 4.01. The van der Waals surface area contributed by atoms with E-state index in [1.165, 1.54) is 18.4 Å². The predicted molar refractivity (Wildman–Crippen MR) is 86.1 cm³/mol. The third kappa shape index (κ3) is 5.23. The first-order chi connectivity index (χ1) is 9.76. The largest absolute Gasteiger partial charge is 0.383 e. The fraction of sp³-hybridized carbons (Fsp3) is 0.647. The van der Waals surface area contributed by atoms with Crippen LogP contribution in [0.5, 0.6) is 0 Å². The van der Waals surface area contributed by atoms with Gasteiger partial charge in [0.15, 0.2) is 0 Å². The van der Waals surface area contributed by atoms with Gasteiger partial charge in [-0.15, -0.1) is 0 Å². The Kier molecular flexibility index (Phi) is 8.51. The molecule has 3 nitrogen and oxygen atoms in total. The highest BCUT2D eigenvalue weighted by molar-refractivity contribution is 5.19. The van der Waals surface area contributed by atoms with Crippen molar-refractivity contribution in [2.45, 2.75) is 38.8 Å². The summed E-state index contributed by atoms with van der Waals surface area (Å²) in [5.41, 5.74) is 1.35. The molecule has 1 rings (SSSR count). The maximum atomic E-state index is 5.27. The summed E-state index contributed by atoms with van der Waals surface area (Å²) >= 11 is 0. The van der Waals surface area contributed by atoms with E-state index in [1.807, 2.05) is 7.05 Å². The summed E-state index contributed by atoms with van der Waals surface area (Å²) in [6.45, 7) is 7.35. The van der Waals surface area contributed by atoms with Crippen molar-refractivity contribution >= 4 is 0 Å². The summed E-state index contributed by atoms with van der Waals surface area (Å²) in [5, 5.41) is 3.45. The molecule has 0 bridgehead atoms. The number of hydrogen-bond donors (Lipinski definition) is 1. The summed E-state index contributed by atoms with van der Waals surface area (Å²) in [6, 6.07) is 11.7. The molecule has 1 aromatic rings. The Hall–Kier alpha value is -0.900. The standard InChI is InChI=1S/C17H30N2O/c1-5-16(6-2)19(12-13-20-4)14-17(18-3)15-10-8-7-9-11-15/h7-11,16-18H,5-6,12-14H2,1-4H3. The van der Waals surface area contributed by atoms with Crippen LogP contribution in [-0.4, -0.2) is 44.8 Å². The van der Waals surface area contributed by atoms with Crippen LogP contribution in [0, 0.1) is 0 Å². The van der Waals surface area contributed by atoms with E-state index in [-0.39, 0.29) is 0 Å². The molecule has 1 atom stereocenters. The number of ether oxygens (including phenoxy) is 1. The molecule has 1 aromatic carbocycles. The summed E-state index contributed by atoms with van der Waals surface area (Å²) < 4.78 is 5.27. The first-order valence-electron chi connectivity index (χ1n) is 7.71. The molecule has 0 radical (unpaired) electrons. The number of rotatable bonds is 10. The molecule has 0 aromatic heterocycles.